The molecule has 1 N–H and O–H groups in total. The van der Waals surface area contributed by atoms with E-state index in [0.717, 1.165) is 19.3 Å². The molecular formula is C10H17NO4S. The Morgan fingerprint density at radius 1 is 1.31 bits per heavy atom. The molecule has 0 spiro atoms. The fourth-order valence-electron chi connectivity index (χ4n) is 2.03. The Morgan fingerprint density at radius 2 is 2.00 bits per heavy atom. The average Bonchev–Trinajstić information content (AvgIpc) is 2.89. The molecule has 2 aliphatic rings. The second-order valence-electron chi connectivity index (χ2n) is 4.73. The minimum absolute atomic E-state index is 0.155. The minimum Gasteiger partial charge on any atom is -0.481 e. The predicted octanol–water partition coefficient (Wildman–Crippen LogP) is 0.523. The predicted molar refractivity (Wildman–Crippen MR) is 58.4 cm³/mol. The SMILES string of the molecule is O=C(O)C1CCN(S(=O)(=O)CCC2CC2)C1. The van der Waals surface area contributed by atoms with Crippen molar-refractivity contribution in [3.05, 3.63) is 0 Å². The lowest BCUT2D eigenvalue weighted by Gasteiger charge is -2.15. The molecule has 1 aliphatic heterocycles. The molecule has 0 aromatic heterocycles. The van der Waals surface area contributed by atoms with Crippen LogP contribution in [0.3, 0.4) is 0 Å². The molecule has 16 heavy (non-hydrogen) atoms. The van der Waals surface area contributed by atoms with Gasteiger partial charge in [0, 0.05) is 13.1 Å². The molecule has 92 valence electrons. The molecule has 0 amide bonds. The van der Waals surface area contributed by atoms with Crippen molar-refractivity contribution in [2.45, 2.75) is 25.7 Å². The molecule has 2 rings (SSSR count). The first-order chi connectivity index (χ1) is 7.49. The van der Waals surface area contributed by atoms with Gasteiger partial charge in [0.15, 0.2) is 0 Å². The van der Waals surface area contributed by atoms with E-state index in [9.17, 15) is 13.2 Å². The number of rotatable bonds is 5. The number of aliphatic carboxylic acids is 1. The van der Waals surface area contributed by atoms with Crippen molar-refractivity contribution in [3.63, 3.8) is 0 Å². The number of carboxylic acid groups (broad SMARTS) is 1. The third-order valence-corrected chi connectivity index (χ3v) is 5.24. The standard InChI is InChI=1S/C10H17NO4S/c12-10(13)9-3-5-11(7-9)16(14,15)6-4-8-1-2-8/h8-9H,1-7H2,(H,12,13). The third-order valence-electron chi connectivity index (χ3n) is 3.37. The van der Waals surface area contributed by atoms with E-state index >= 15 is 0 Å². The van der Waals surface area contributed by atoms with Crippen molar-refractivity contribution in [2.75, 3.05) is 18.8 Å². The maximum atomic E-state index is 11.9. The van der Waals surface area contributed by atoms with Crippen molar-refractivity contribution in [2.24, 2.45) is 11.8 Å². The molecule has 0 radical (unpaired) electrons. The van der Waals surface area contributed by atoms with Gasteiger partial charge in [0.05, 0.1) is 11.7 Å². The van der Waals surface area contributed by atoms with Crippen LogP contribution >= 0.6 is 0 Å². The Balaban J connectivity index is 1.88. The van der Waals surface area contributed by atoms with E-state index in [1.807, 2.05) is 0 Å². The number of sulfonamides is 1. The zero-order valence-electron chi connectivity index (χ0n) is 9.13. The number of carboxylic acids is 1. The van der Waals surface area contributed by atoms with Crippen LogP contribution in [-0.2, 0) is 14.8 Å². The van der Waals surface area contributed by atoms with Crippen molar-refractivity contribution >= 4 is 16.0 Å². The molecule has 0 bridgehead atoms. The van der Waals surface area contributed by atoms with Crippen molar-refractivity contribution < 1.29 is 18.3 Å². The fraction of sp³-hybridized carbons (Fsp3) is 0.900. The Bertz CT molecular complexity index is 374. The van der Waals surface area contributed by atoms with Gasteiger partial charge in [-0.3, -0.25) is 4.79 Å². The maximum Gasteiger partial charge on any atom is 0.307 e. The molecule has 0 aromatic carbocycles. The number of hydrogen-bond acceptors (Lipinski definition) is 3. The molecule has 1 atom stereocenters. The highest BCUT2D eigenvalue weighted by Crippen LogP contribution is 2.33. The summed E-state index contributed by atoms with van der Waals surface area (Å²) in [6.45, 7) is 0.520. The molecule has 0 aromatic rings. The second-order valence-corrected chi connectivity index (χ2v) is 6.82. The highest BCUT2D eigenvalue weighted by Gasteiger charge is 2.35. The van der Waals surface area contributed by atoms with Gasteiger partial charge in [0.2, 0.25) is 10.0 Å². The summed E-state index contributed by atoms with van der Waals surface area (Å²) in [5.41, 5.74) is 0. The summed E-state index contributed by atoms with van der Waals surface area (Å²) in [5.74, 6) is -0.632. The van der Waals surface area contributed by atoms with Gasteiger partial charge < -0.3 is 5.11 Å². The van der Waals surface area contributed by atoms with Gasteiger partial charge in [0.25, 0.3) is 0 Å². The minimum atomic E-state index is -3.21. The van der Waals surface area contributed by atoms with Crippen LogP contribution in [0.4, 0.5) is 0 Å². The Morgan fingerprint density at radius 3 is 2.50 bits per heavy atom. The van der Waals surface area contributed by atoms with E-state index in [1.165, 1.54) is 4.31 Å². The smallest absolute Gasteiger partial charge is 0.307 e. The van der Waals surface area contributed by atoms with Crippen LogP contribution in [0.2, 0.25) is 0 Å². The van der Waals surface area contributed by atoms with Gasteiger partial charge in [-0.25, -0.2) is 12.7 Å². The summed E-state index contributed by atoms with van der Waals surface area (Å²) in [7, 11) is -3.21. The number of hydrogen-bond donors (Lipinski definition) is 1. The molecule has 6 heteroatoms. The molecule has 1 unspecified atom stereocenters. The Hall–Kier alpha value is -0.620. The van der Waals surface area contributed by atoms with Crippen LogP contribution in [0.1, 0.15) is 25.7 Å². The molecule has 1 aliphatic carbocycles. The van der Waals surface area contributed by atoms with Crippen LogP contribution < -0.4 is 0 Å². The summed E-state index contributed by atoms with van der Waals surface area (Å²) in [6, 6.07) is 0. The quantitative estimate of drug-likeness (QED) is 0.768. The van der Waals surface area contributed by atoms with Crippen LogP contribution in [0.15, 0.2) is 0 Å². The van der Waals surface area contributed by atoms with E-state index in [2.05, 4.69) is 0 Å². The lowest BCUT2D eigenvalue weighted by Crippen LogP contribution is -2.32. The van der Waals surface area contributed by atoms with Gasteiger partial charge in [-0.1, -0.05) is 12.8 Å². The van der Waals surface area contributed by atoms with Crippen molar-refractivity contribution in [3.8, 4) is 0 Å². The molecular weight excluding hydrogens is 230 g/mol. The van der Waals surface area contributed by atoms with E-state index in [4.69, 9.17) is 5.11 Å². The van der Waals surface area contributed by atoms with Crippen LogP contribution in [-0.4, -0.2) is 42.6 Å². The Labute approximate surface area is 95.5 Å². The van der Waals surface area contributed by atoms with Gasteiger partial charge in [0.1, 0.15) is 0 Å². The number of nitrogens with zero attached hydrogens (tertiary/aromatic N) is 1. The summed E-state index contributed by atoms with van der Waals surface area (Å²) in [6.07, 6.45) is 3.47. The topological polar surface area (TPSA) is 74.7 Å². The van der Waals surface area contributed by atoms with Crippen LogP contribution in [0, 0.1) is 11.8 Å². The van der Waals surface area contributed by atoms with Crippen LogP contribution in [0.25, 0.3) is 0 Å². The zero-order chi connectivity index (χ0) is 11.8. The van der Waals surface area contributed by atoms with Gasteiger partial charge in [-0.15, -0.1) is 0 Å². The first-order valence-corrected chi connectivity index (χ1v) is 7.30. The highest BCUT2D eigenvalue weighted by molar-refractivity contribution is 7.89. The molecule has 1 saturated heterocycles. The third kappa shape index (κ3) is 2.74. The summed E-state index contributed by atoms with van der Waals surface area (Å²) in [4.78, 5) is 10.7. The summed E-state index contributed by atoms with van der Waals surface area (Å²) >= 11 is 0. The first kappa shape index (κ1) is 11.9. The Kier molecular flexibility index (Phi) is 3.21. The molecule has 5 nitrogen and oxygen atoms in total. The maximum absolute atomic E-state index is 11.9. The van der Waals surface area contributed by atoms with Crippen molar-refractivity contribution in [1.29, 1.82) is 0 Å². The van der Waals surface area contributed by atoms with E-state index < -0.39 is 21.9 Å². The fourth-order valence-corrected chi connectivity index (χ4v) is 3.71. The first-order valence-electron chi connectivity index (χ1n) is 5.69. The number of carbonyl (C=O) groups is 1. The molecule has 1 heterocycles. The lowest BCUT2D eigenvalue weighted by atomic mass is 10.1. The van der Waals surface area contributed by atoms with Gasteiger partial charge in [-0.05, 0) is 18.8 Å². The monoisotopic (exact) mass is 247 g/mol. The van der Waals surface area contributed by atoms with Gasteiger partial charge >= 0.3 is 5.97 Å². The normalized spacial score (nSPS) is 27.1. The summed E-state index contributed by atoms with van der Waals surface area (Å²) in [5, 5.41) is 8.80. The highest BCUT2D eigenvalue weighted by atomic mass is 32.2. The van der Waals surface area contributed by atoms with E-state index in [0.29, 0.717) is 18.9 Å². The van der Waals surface area contributed by atoms with E-state index in [-0.39, 0.29) is 12.3 Å². The summed E-state index contributed by atoms with van der Waals surface area (Å²) < 4.78 is 25.1. The molecule has 2 fully saturated rings. The largest absolute Gasteiger partial charge is 0.481 e. The second kappa shape index (κ2) is 4.33. The van der Waals surface area contributed by atoms with E-state index in [1.54, 1.807) is 0 Å². The zero-order valence-corrected chi connectivity index (χ0v) is 9.95. The van der Waals surface area contributed by atoms with Crippen LogP contribution in [0.5, 0.6) is 0 Å². The van der Waals surface area contributed by atoms with Gasteiger partial charge in [-0.2, -0.15) is 0 Å². The average molecular weight is 247 g/mol. The van der Waals surface area contributed by atoms with Crippen molar-refractivity contribution in [1.82, 2.24) is 4.31 Å². The molecule has 1 saturated carbocycles. The lowest BCUT2D eigenvalue weighted by molar-refractivity contribution is -0.141.